The summed E-state index contributed by atoms with van der Waals surface area (Å²) in [7, 11) is 0. The van der Waals surface area contributed by atoms with Crippen molar-refractivity contribution < 1.29 is 31.1 Å². The highest BCUT2D eigenvalue weighted by Gasteiger charge is 2.35. The number of aryl methyl sites for hydroxylation is 2. The number of alkyl halides is 6. The fourth-order valence-electron chi connectivity index (χ4n) is 3.24. The summed E-state index contributed by atoms with van der Waals surface area (Å²) in [6.45, 7) is 3.35. The van der Waals surface area contributed by atoms with Gasteiger partial charge in [0.1, 0.15) is 5.75 Å². The lowest BCUT2D eigenvalue weighted by atomic mass is 9.92. The SMILES string of the molecule is Cc1cc(-c2cc(-c3ccc(N)c(C(F)(F)F)c3)c(OC(F)(F)F)cc2C)ccc1N. The molecule has 3 nitrogen and oxygen atoms in total. The minimum absolute atomic E-state index is 0.116. The third-order valence-electron chi connectivity index (χ3n) is 4.80. The van der Waals surface area contributed by atoms with Gasteiger partial charge in [-0.2, -0.15) is 13.2 Å². The zero-order valence-electron chi connectivity index (χ0n) is 16.4. The number of hydrogen-bond donors (Lipinski definition) is 2. The van der Waals surface area contributed by atoms with Crippen LogP contribution in [0.2, 0.25) is 0 Å². The van der Waals surface area contributed by atoms with Gasteiger partial charge in [0.15, 0.2) is 0 Å². The van der Waals surface area contributed by atoms with Crippen LogP contribution in [0.1, 0.15) is 16.7 Å². The molecule has 0 saturated carbocycles. The first-order valence-corrected chi connectivity index (χ1v) is 9.00. The molecule has 0 fully saturated rings. The van der Waals surface area contributed by atoms with Gasteiger partial charge in [-0.25, -0.2) is 0 Å². The number of rotatable bonds is 3. The molecule has 0 aliphatic rings. The van der Waals surface area contributed by atoms with Crippen LogP contribution >= 0.6 is 0 Å². The monoisotopic (exact) mass is 440 g/mol. The Bertz CT molecular complexity index is 1140. The molecule has 0 atom stereocenters. The van der Waals surface area contributed by atoms with Gasteiger partial charge in [-0.15, -0.1) is 13.2 Å². The van der Waals surface area contributed by atoms with Gasteiger partial charge < -0.3 is 16.2 Å². The van der Waals surface area contributed by atoms with Gasteiger partial charge in [-0.1, -0.05) is 12.1 Å². The largest absolute Gasteiger partial charge is 0.573 e. The number of nitrogen functional groups attached to an aromatic ring is 2. The van der Waals surface area contributed by atoms with Gasteiger partial charge in [0.05, 0.1) is 5.56 Å². The van der Waals surface area contributed by atoms with E-state index in [4.69, 9.17) is 11.5 Å². The Labute approximate surface area is 174 Å². The molecular weight excluding hydrogens is 422 g/mol. The molecule has 3 rings (SSSR count). The van der Waals surface area contributed by atoms with Crippen LogP contribution in [0.5, 0.6) is 5.75 Å². The van der Waals surface area contributed by atoms with E-state index in [1.807, 2.05) is 0 Å². The van der Waals surface area contributed by atoms with Crippen LogP contribution in [0.3, 0.4) is 0 Å². The molecule has 4 N–H and O–H groups in total. The van der Waals surface area contributed by atoms with Crippen molar-refractivity contribution >= 4 is 11.4 Å². The predicted molar refractivity (Wildman–Crippen MR) is 107 cm³/mol. The molecule has 0 aliphatic heterocycles. The first-order chi connectivity index (χ1) is 14.3. The summed E-state index contributed by atoms with van der Waals surface area (Å²) in [4.78, 5) is 0. The molecular formula is C22H18F6N2O. The third kappa shape index (κ3) is 4.87. The highest BCUT2D eigenvalue weighted by Crippen LogP contribution is 2.42. The number of hydrogen-bond acceptors (Lipinski definition) is 3. The number of benzene rings is 3. The van der Waals surface area contributed by atoms with Gasteiger partial charge in [-0.3, -0.25) is 0 Å². The minimum Gasteiger partial charge on any atom is -0.405 e. The molecule has 3 aromatic rings. The molecule has 0 bridgehead atoms. The lowest BCUT2D eigenvalue weighted by molar-refractivity contribution is -0.274. The summed E-state index contributed by atoms with van der Waals surface area (Å²) in [6, 6.07) is 10.5. The average molecular weight is 440 g/mol. The molecule has 31 heavy (non-hydrogen) atoms. The summed E-state index contributed by atoms with van der Waals surface area (Å²) >= 11 is 0. The van der Waals surface area contributed by atoms with Crippen molar-refractivity contribution in [2.75, 3.05) is 11.5 Å². The molecule has 0 spiro atoms. The van der Waals surface area contributed by atoms with Crippen molar-refractivity contribution in [1.82, 2.24) is 0 Å². The molecule has 0 radical (unpaired) electrons. The summed E-state index contributed by atoms with van der Waals surface area (Å²) in [5.41, 5.74) is 12.2. The zero-order chi connectivity index (χ0) is 23.1. The minimum atomic E-state index is -5.03. The van der Waals surface area contributed by atoms with Crippen molar-refractivity contribution in [2.45, 2.75) is 26.4 Å². The highest BCUT2D eigenvalue weighted by molar-refractivity contribution is 5.81. The summed E-state index contributed by atoms with van der Waals surface area (Å²) in [6.07, 6.45) is -9.80. The second-order valence-electron chi connectivity index (χ2n) is 7.08. The quantitative estimate of drug-likeness (QED) is 0.351. The first kappa shape index (κ1) is 22.3. The van der Waals surface area contributed by atoms with Gasteiger partial charge in [0.25, 0.3) is 0 Å². The molecule has 0 unspecified atom stereocenters. The van der Waals surface area contributed by atoms with Crippen LogP contribution in [0, 0.1) is 13.8 Å². The third-order valence-corrected chi connectivity index (χ3v) is 4.80. The molecule has 0 aromatic heterocycles. The van der Waals surface area contributed by atoms with E-state index in [1.165, 1.54) is 12.1 Å². The standard InChI is InChI=1S/C22H18F6N2O/c1-11-8-20(31-22(26,27)28)16(10-15(11)13-3-5-18(29)12(2)7-13)14-4-6-19(30)17(9-14)21(23,24)25/h3-10H,29-30H2,1-2H3. The Kier molecular flexibility index (Phi) is 5.56. The average Bonchev–Trinajstić information content (AvgIpc) is 2.63. The maximum absolute atomic E-state index is 13.3. The number of halogens is 6. The Hall–Kier alpha value is -3.36. The Morgan fingerprint density at radius 1 is 0.677 bits per heavy atom. The molecule has 0 aliphatic carbocycles. The van der Waals surface area contributed by atoms with E-state index in [0.29, 0.717) is 28.4 Å². The van der Waals surface area contributed by atoms with E-state index in [1.54, 1.807) is 32.0 Å². The molecule has 3 aromatic carbocycles. The lowest BCUT2D eigenvalue weighted by Gasteiger charge is -2.19. The van der Waals surface area contributed by atoms with Crippen LogP contribution in [-0.2, 0) is 6.18 Å². The van der Waals surface area contributed by atoms with Crippen molar-refractivity contribution in [2.24, 2.45) is 0 Å². The molecule has 164 valence electrons. The van der Waals surface area contributed by atoms with E-state index in [-0.39, 0.29) is 11.1 Å². The van der Waals surface area contributed by atoms with Gasteiger partial charge in [0, 0.05) is 16.9 Å². The van der Waals surface area contributed by atoms with E-state index in [0.717, 1.165) is 17.7 Å². The second-order valence-corrected chi connectivity index (χ2v) is 7.08. The van der Waals surface area contributed by atoms with Crippen LogP contribution < -0.4 is 16.2 Å². The smallest absolute Gasteiger partial charge is 0.405 e. The Morgan fingerprint density at radius 3 is 1.81 bits per heavy atom. The first-order valence-electron chi connectivity index (χ1n) is 9.00. The second kappa shape index (κ2) is 7.72. The highest BCUT2D eigenvalue weighted by atomic mass is 19.4. The summed E-state index contributed by atoms with van der Waals surface area (Å²) in [5, 5.41) is 0. The van der Waals surface area contributed by atoms with E-state index >= 15 is 0 Å². The van der Waals surface area contributed by atoms with Crippen LogP contribution in [0.25, 0.3) is 22.3 Å². The molecule has 0 saturated heterocycles. The molecule has 0 amide bonds. The normalized spacial score (nSPS) is 12.1. The van der Waals surface area contributed by atoms with Crippen LogP contribution in [0.4, 0.5) is 37.7 Å². The number of ether oxygens (including phenoxy) is 1. The fourth-order valence-corrected chi connectivity index (χ4v) is 3.24. The zero-order valence-corrected chi connectivity index (χ0v) is 16.4. The molecule has 9 heteroatoms. The summed E-state index contributed by atoms with van der Waals surface area (Å²) in [5.74, 6) is -0.612. The predicted octanol–water partition coefficient (Wildman–Crippen LogP) is 6.72. The van der Waals surface area contributed by atoms with Crippen molar-refractivity contribution in [3.8, 4) is 28.0 Å². The van der Waals surface area contributed by atoms with Gasteiger partial charge in [0.2, 0.25) is 0 Å². The van der Waals surface area contributed by atoms with Gasteiger partial charge >= 0.3 is 12.5 Å². The fraction of sp³-hybridized carbons (Fsp3) is 0.182. The van der Waals surface area contributed by atoms with Gasteiger partial charge in [-0.05, 0) is 78.1 Å². The van der Waals surface area contributed by atoms with Crippen LogP contribution in [-0.4, -0.2) is 6.36 Å². The molecule has 0 heterocycles. The Morgan fingerprint density at radius 2 is 1.26 bits per heavy atom. The number of anilines is 2. The van der Waals surface area contributed by atoms with E-state index in [2.05, 4.69) is 4.74 Å². The topological polar surface area (TPSA) is 61.3 Å². The Balaban J connectivity index is 2.27. The lowest BCUT2D eigenvalue weighted by Crippen LogP contribution is -2.18. The van der Waals surface area contributed by atoms with Crippen molar-refractivity contribution in [3.63, 3.8) is 0 Å². The maximum Gasteiger partial charge on any atom is 0.573 e. The number of nitrogens with two attached hydrogens (primary N) is 2. The summed E-state index contributed by atoms with van der Waals surface area (Å²) < 4.78 is 83.0. The van der Waals surface area contributed by atoms with Crippen molar-refractivity contribution in [3.05, 3.63) is 65.2 Å². The maximum atomic E-state index is 13.3. The van der Waals surface area contributed by atoms with Crippen LogP contribution in [0.15, 0.2) is 48.5 Å². The van der Waals surface area contributed by atoms with Crippen molar-refractivity contribution in [1.29, 1.82) is 0 Å². The van der Waals surface area contributed by atoms with E-state index < -0.39 is 29.5 Å². The van der Waals surface area contributed by atoms with E-state index in [9.17, 15) is 26.3 Å².